The Labute approximate surface area is 146 Å². The van der Waals surface area contributed by atoms with Gasteiger partial charge in [0.2, 0.25) is 0 Å². The van der Waals surface area contributed by atoms with Crippen molar-refractivity contribution < 1.29 is 0 Å². The number of aromatic nitrogens is 3. The molecular weight excluding hydrogens is 308 g/mol. The molecule has 2 aromatic carbocycles. The van der Waals surface area contributed by atoms with E-state index in [0.29, 0.717) is 11.4 Å². The fourth-order valence-electron chi connectivity index (χ4n) is 3.41. The summed E-state index contributed by atoms with van der Waals surface area (Å²) in [5.74, 6) is 0.691. The summed E-state index contributed by atoms with van der Waals surface area (Å²) >= 11 is 0. The van der Waals surface area contributed by atoms with E-state index in [1.807, 2.05) is 54.1 Å². The number of nitriles is 1. The van der Waals surface area contributed by atoms with Gasteiger partial charge in [-0.1, -0.05) is 30.3 Å². The van der Waals surface area contributed by atoms with Crippen LogP contribution in [0.5, 0.6) is 0 Å². The minimum absolute atomic E-state index is 0.568. The molecule has 0 spiro atoms. The Bertz CT molecular complexity index is 1180. The molecule has 0 N–H and O–H groups in total. The first kappa shape index (κ1) is 15.2. The Hall–Kier alpha value is -3.32. The second-order valence-electron chi connectivity index (χ2n) is 6.23. The topological polar surface area (TPSA) is 46.5 Å². The van der Waals surface area contributed by atoms with E-state index in [9.17, 15) is 5.26 Å². The quantitative estimate of drug-likeness (QED) is 0.511. The molecule has 2 aromatic heterocycles. The van der Waals surface area contributed by atoms with Crippen LogP contribution < -0.4 is 0 Å². The molecule has 4 rings (SSSR count). The van der Waals surface area contributed by atoms with Gasteiger partial charge in [0.1, 0.15) is 6.07 Å². The van der Waals surface area contributed by atoms with E-state index in [-0.39, 0.29) is 0 Å². The third kappa shape index (κ3) is 2.25. The zero-order valence-corrected chi connectivity index (χ0v) is 14.5. The van der Waals surface area contributed by atoms with Crippen LogP contribution >= 0.6 is 0 Å². The number of benzene rings is 2. The average Bonchev–Trinajstić information content (AvgIpc) is 3.10. The number of rotatable bonds is 2. The fraction of sp³-hybridized carbons (Fsp3) is 0.143. The highest BCUT2D eigenvalue weighted by atomic mass is 15.1. The zero-order chi connectivity index (χ0) is 17.6. The molecule has 4 aromatic rings. The summed E-state index contributed by atoms with van der Waals surface area (Å²) in [4.78, 5) is 4.66. The Morgan fingerprint density at radius 2 is 1.68 bits per heavy atom. The van der Waals surface area contributed by atoms with E-state index < -0.39 is 0 Å². The molecular formula is C21H18N4. The number of aryl methyl sites for hydroxylation is 2. The van der Waals surface area contributed by atoms with Gasteiger partial charge >= 0.3 is 0 Å². The average molecular weight is 326 g/mol. The van der Waals surface area contributed by atoms with E-state index in [2.05, 4.69) is 41.7 Å². The largest absolute Gasteiger partial charge is 0.347 e. The maximum atomic E-state index is 9.78. The normalized spacial score (nSPS) is 12.0. The van der Waals surface area contributed by atoms with Crippen molar-refractivity contribution >= 4 is 33.6 Å². The minimum Gasteiger partial charge on any atom is -0.347 e. The summed E-state index contributed by atoms with van der Waals surface area (Å²) in [7, 11) is 4.00. The minimum atomic E-state index is 0.568. The van der Waals surface area contributed by atoms with E-state index in [0.717, 1.165) is 33.2 Å². The first-order chi connectivity index (χ1) is 12.1. The monoisotopic (exact) mass is 326 g/mol. The van der Waals surface area contributed by atoms with Crippen LogP contribution in [0.15, 0.2) is 48.5 Å². The highest BCUT2D eigenvalue weighted by Crippen LogP contribution is 2.29. The number of allylic oxidation sites excluding steroid dienone is 1. The smallest absolute Gasteiger partial charge is 0.151 e. The molecule has 4 heteroatoms. The van der Waals surface area contributed by atoms with Crippen molar-refractivity contribution in [2.45, 2.75) is 6.92 Å². The lowest BCUT2D eigenvalue weighted by molar-refractivity contribution is 0.915. The van der Waals surface area contributed by atoms with Gasteiger partial charge in [-0.2, -0.15) is 5.26 Å². The van der Waals surface area contributed by atoms with Crippen molar-refractivity contribution in [3.8, 4) is 6.07 Å². The third-order valence-electron chi connectivity index (χ3n) is 4.89. The molecule has 0 saturated carbocycles. The molecule has 0 radical (unpaired) electrons. The first-order valence-electron chi connectivity index (χ1n) is 8.19. The molecule has 0 aliphatic rings. The van der Waals surface area contributed by atoms with E-state index in [1.54, 1.807) is 0 Å². The highest BCUT2D eigenvalue weighted by Gasteiger charge is 2.15. The van der Waals surface area contributed by atoms with Gasteiger partial charge in [-0.25, -0.2) is 4.98 Å². The van der Waals surface area contributed by atoms with Crippen molar-refractivity contribution in [2.75, 3.05) is 0 Å². The summed E-state index contributed by atoms with van der Waals surface area (Å²) in [6.07, 6.45) is 1.96. The standard InChI is InChI=1S/C21H18N4/c1-14-17(16-8-4-6-10-19(16)24(14)2)12-15(13-22)21-23-18-9-5-7-11-20(18)25(21)3/h4-12H,1-3H3/b15-12-. The summed E-state index contributed by atoms with van der Waals surface area (Å²) in [5.41, 5.74) is 5.85. The van der Waals surface area contributed by atoms with Crippen LogP contribution in [0.4, 0.5) is 0 Å². The van der Waals surface area contributed by atoms with E-state index in [1.165, 1.54) is 0 Å². The zero-order valence-electron chi connectivity index (χ0n) is 14.5. The van der Waals surface area contributed by atoms with Gasteiger partial charge in [-0.05, 0) is 31.2 Å². The summed E-state index contributed by atoms with van der Waals surface area (Å²) < 4.78 is 4.13. The van der Waals surface area contributed by atoms with Crippen molar-refractivity contribution in [3.05, 3.63) is 65.6 Å². The number of hydrogen-bond acceptors (Lipinski definition) is 2. The molecule has 4 nitrogen and oxygen atoms in total. The van der Waals surface area contributed by atoms with Crippen molar-refractivity contribution in [3.63, 3.8) is 0 Å². The fourth-order valence-corrected chi connectivity index (χ4v) is 3.41. The molecule has 0 bridgehead atoms. The highest BCUT2D eigenvalue weighted by molar-refractivity contribution is 5.99. The van der Waals surface area contributed by atoms with Crippen LogP contribution in [-0.2, 0) is 14.1 Å². The van der Waals surface area contributed by atoms with Crippen molar-refractivity contribution in [1.82, 2.24) is 14.1 Å². The molecule has 0 amide bonds. The van der Waals surface area contributed by atoms with E-state index >= 15 is 0 Å². The molecule has 0 atom stereocenters. The van der Waals surface area contributed by atoms with Crippen molar-refractivity contribution in [2.24, 2.45) is 14.1 Å². The second kappa shape index (κ2) is 5.64. The number of hydrogen-bond donors (Lipinski definition) is 0. The molecule has 0 aliphatic carbocycles. The van der Waals surface area contributed by atoms with Gasteiger partial charge in [0, 0.05) is 36.3 Å². The van der Waals surface area contributed by atoms with Crippen LogP contribution in [0, 0.1) is 18.3 Å². The van der Waals surface area contributed by atoms with Crippen LogP contribution in [0.25, 0.3) is 33.6 Å². The molecule has 0 aliphatic heterocycles. The Kier molecular flexibility index (Phi) is 3.43. The molecule has 0 fully saturated rings. The molecule has 0 unspecified atom stereocenters. The van der Waals surface area contributed by atoms with Gasteiger partial charge in [0.25, 0.3) is 0 Å². The van der Waals surface area contributed by atoms with Crippen LogP contribution in [0.3, 0.4) is 0 Å². The van der Waals surface area contributed by atoms with Crippen LogP contribution in [0.2, 0.25) is 0 Å². The predicted octanol–water partition coefficient (Wildman–Crippen LogP) is 4.44. The van der Waals surface area contributed by atoms with Crippen LogP contribution in [-0.4, -0.2) is 14.1 Å². The van der Waals surface area contributed by atoms with Gasteiger partial charge in [-0.15, -0.1) is 0 Å². The summed E-state index contributed by atoms with van der Waals surface area (Å²) in [6.45, 7) is 2.08. The maximum absolute atomic E-state index is 9.78. The number of nitrogens with zero attached hydrogens (tertiary/aromatic N) is 4. The van der Waals surface area contributed by atoms with Gasteiger partial charge in [0.15, 0.2) is 5.82 Å². The number of imidazole rings is 1. The molecule has 2 heterocycles. The summed E-state index contributed by atoms with van der Waals surface area (Å²) in [6, 6.07) is 18.5. The third-order valence-corrected chi connectivity index (χ3v) is 4.89. The van der Waals surface area contributed by atoms with Gasteiger partial charge in [0.05, 0.1) is 16.6 Å². The number of para-hydroxylation sites is 3. The molecule has 122 valence electrons. The predicted molar refractivity (Wildman–Crippen MR) is 102 cm³/mol. The van der Waals surface area contributed by atoms with E-state index in [4.69, 9.17) is 0 Å². The first-order valence-corrected chi connectivity index (χ1v) is 8.19. The van der Waals surface area contributed by atoms with Gasteiger partial charge < -0.3 is 9.13 Å². The SMILES string of the molecule is Cc1c(/C=C(/C#N)c2nc3ccccc3n2C)c2ccccc2n1C. The lowest BCUT2D eigenvalue weighted by atomic mass is 10.1. The lowest BCUT2D eigenvalue weighted by Gasteiger charge is -2.02. The van der Waals surface area contributed by atoms with Crippen LogP contribution in [0.1, 0.15) is 17.1 Å². The maximum Gasteiger partial charge on any atom is 0.151 e. The van der Waals surface area contributed by atoms with Gasteiger partial charge in [-0.3, -0.25) is 0 Å². The molecule has 25 heavy (non-hydrogen) atoms. The Morgan fingerprint density at radius 3 is 2.40 bits per heavy atom. The second-order valence-corrected chi connectivity index (χ2v) is 6.23. The summed E-state index contributed by atoms with van der Waals surface area (Å²) in [5, 5.41) is 10.9. The molecule has 0 saturated heterocycles. The Morgan fingerprint density at radius 1 is 1.00 bits per heavy atom. The van der Waals surface area contributed by atoms with Crippen molar-refractivity contribution in [1.29, 1.82) is 5.26 Å². The lowest BCUT2D eigenvalue weighted by Crippen LogP contribution is -1.96. The number of fused-ring (bicyclic) bond motifs is 2. The Balaban J connectivity index is 1.97.